The van der Waals surface area contributed by atoms with Gasteiger partial charge in [-0.1, -0.05) is 0 Å². The van der Waals surface area contributed by atoms with E-state index in [-0.39, 0.29) is 5.82 Å². The monoisotopic (exact) mass is 404 g/mol. The molecule has 0 unspecified atom stereocenters. The van der Waals surface area contributed by atoms with E-state index in [9.17, 15) is 4.39 Å². The van der Waals surface area contributed by atoms with E-state index in [4.69, 9.17) is 14.5 Å². The standard InChI is InChI=1S/C22H33FN4O2/c1-3-24-22(27-11-8-19(9-12-27)29-14-4-13-28-2)25-10-7-17-16-26-21-15-18(23)5-6-20(17)21/h5-6,15-16,19,26H,3-4,7-14H2,1-2H3,(H,24,25). The van der Waals surface area contributed by atoms with Gasteiger partial charge in [-0.15, -0.1) is 0 Å². The molecule has 3 rings (SSSR count). The lowest BCUT2D eigenvalue weighted by Crippen LogP contribution is -2.47. The van der Waals surface area contributed by atoms with Gasteiger partial charge in [0.25, 0.3) is 0 Å². The summed E-state index contributed by atoms with van der Waals surface area (Å²) in [6, 6.07) is 4.88. The number of aromatic amines is 1. The highest BCUT2D eigenvalue weighted by atomic mass is 19.1. The average molecular weight is 405 g/mol. The van der Waals surface area contributed by atoms with Crippen molar-refractivity contribution < 1.29 is 13.9 Å². The minimum Gasteiger partial charge on any atom is -0.385 e. The fourth-order valence-electron chi connectivity index (χ4n) is 3.76. The summed E-state index contributed by atoms with van der Waals surface area (Å²) >= 11 is 0. The predicted octanol–water partition coefficient (Wildman–Crippen LogP) is 3.33. The van der Waals surface area contributed by atoms with Crippen molar-refractivity contribution in [2.45, 2.75) is 38.7 Å². The van der Waals surface area contributed by atoms with Crippen LogP contribution in [-0.2, 0) is 15.9 Å². The lowest BCUT2D eigenvalue weighted by atomic mass is 10.1. The zero-order chi connectivity index (χ0) is 20.5. The van der Waals surface area contributed by atoms with Gasteiger partial charge in [-0.2, -0.15) is 0 Å². The Labute approximate surface area is 172 Å². The maximum Gasteiger partial charge on any atom is 0.193 e. The van der Waals surface area contributed by atoms with Crippen LogP contribution in [0.5, 0.6) is 0 Å². The van der Waals surface area contributed by atoms with Gasteiger partial charge in [-0.25, -0.2) is 4.39 Å². The molecule has 0 amide bonds. The van der Waals surface area contributed by atoms with E-state index >= 15 is 0 Å². The zero-order valence-corrected chi connectivity index (χ0v) is 17.5. The van der Waals surface area contributed by atoms with Crippen LogP contribution < -0.4 is 5.32 Å². The summed E-state index contributed by atoms with van der Waals surface area (Å²) in [5.41, 5.74) is 2.01. The van der Waals surface area contributed by atoms with Crippen LogP contribution >= 0.6 is 0 Å². The smallest absolute Gasteiger partial charge is 0.193 e. The normalized spacial score (nSPS) is 16.0. The first kappa shape index (κ1) is 21.6. The van der Waals surface area contributed by atoms with Gasteiger partial charge < -0.3 is 24.7 Å². The van der Waals surface area contributed by atoms with E-state index in [2.05, 4.69) is 22.1 Å². The molecule has 0 aliphatic carbocycles. The van der Waals surface area contributed by atoms with Gasteiger partial charge >= 0.3 is 0 Å². The number of likely N-dealkylation sites (tertiary alicyclic amines) is 1. The number of halogens is 1. The minimum atomic E-state index is -0.218. The number of benzene rings is 1. The molecule has 0 atom stereocenters. The topological polar surface area (TPSA) is 61.9 Å². The number of aromatic nitrogens is 1. The van der Waals surface area contributed by atoms with Crippen LogP contribution in [0.25, 0.3) is 10.9 Å². The molecule has 0 radical (unpaired) electrons. The summed E-state index contributed by atoms with van der Waals surface area (Å²) in [5.74, 6) is 0.751. The van der Waals surface area contributed by atoms with Gasteiger partial charge in [0.1, 0.15) is 5.82 Å². The number of nitrogens with zero attached hydrogens (tertiary/aromatic N) is 2. The summed E-state index contributed by atoms with van der Waals surface area (Å²) in [6.07, 6.45) is 6.09. The van der Waals surface area contributed by atoms with Gasteiger partial charge in [0.05, 0.1) is 6.10 Å². The van der Waals surface area contributed by atoms with Crippen LogP contribution in [0.3, 0.4) is 0 Å². The summed E-state index contributed by atoms with van der Waals surface area (Å²) in [4.78, 5) is 10.3. The zero-order valence-electron chi connectivity index (χ0n) is 17.5. The first-order chi connectivity index (χ1) is 14.2. The molecule has 2 aromatic rings. The third kappa shape index (κ3) is 6.18. The molecule has 0 bridgehead atoms. The van der Waals surface area contributed by atoms with Crippen LogP contribution in [0.2, 0.25) is 0 Å². The minimum absolute atomic E-state index is 0.218. The van der Waals surface area contributed by atoms with Crippen LogP contribution in [0, 0.1) is 5.82 Å². The number of guanidine groups is 1. The number of methoxy groups -OCH3 is 1. The molecule has 6 nitrogen and oxygen atoms in total. The Morgan fingerprint density at radius 1 is 1.31 bits per heavy atom. The maximum absolute atomic E-state index is 13.4. The molecule has 7 heteroatoms. The Balaban J connectivity index is 1.51. The fourth-order valence-corrected chi connectivity index (χ4v) is 3.76. The summed E-state index contributed by atoms with van der Waals surface area (Å²) in [7, 11) is 1.72. The highest BCUT2D eigenvalue weighted by molar-refractivity contribution is 5.83. The molecular formula is C22H33FN4O2. The van der Waals surface area contributed by atoms with E-state index < -0.39 is 0 Å². The maximum atomic E-state index is 13.4. The van der Waals surface area contributed by atoms with E-state index in [0.29, 0.717) is 12.6 Å². The molecule has 1 aromatic carbocycles. The summed E-state index contributed by atoms with van der Waals surface area (Å²) in [5, 5.41) is 4.48. The van der Waals surface area contributed by atoms with Gasteiger partial charge in [-0.05, 0) is 56.4 Å². The quantitative estimate of drug-likeness (QED) is 0.382. The fraction of sp³-hybridized carbons (Fsp3) is 0.591. The Morgan fingerprint density at radius 2 is 2.14 bits per heavy atom. The van der Waals surface area contributed by atoms with Crippen molar-refractivity contribution >= 4 is 16.9 Å². The SMILES string of the molecule is CCNC(=NCCc1c[nH]c2cc(F)ccc12)N1CCC(OCCCOC)CC1. The van der Waals surface area contributed by atoms with Crippen LogP contribution in [0.1, 0.15) is 31.7 Å². The van der Waals surface area contributed by atoms with Crippen LogP contribution in [0.15, 0.2) is 29.4 Å². The number of fused-ring (bicyclic) bond motifs is 1. The predicted molar refractivity (Wildman–Crippen MR) is 115 cm³/mol. The molecule has 1 saturated heterocycles. The van der Waals surface area contributed by atoms with Gasteiger partial charge in [0.15, 0.2) is 5.96 Å². The van der Waals surface area contributed by atoms with Crippen molar-refractivity contribution in [3.05, 3.63) is 35.8 Å². The van der Waals surface area contributed by atoms with Crippen molar-refractivity contribution in [2.24, 2.45) is 4.99 Å². The first-order valence-corrected chi connectivity index (χ1v) is 10.6. The molecule has 29 heavy (non-hydrogen) atoms. The number of aliphatic imine (C=N–C) groups is 1. The van der Waals surface area contributed by atoms with Gasteiger partial charge in [0.2, 0.25) is 0 Å². The number of nitrogens with one attached hydrogen (secondary N) is 2. The largest absolute Gasteiger partial charge is 0.385 e. The second-order valence-corrected chi connectivity index (χ2v) is 7.39. The Kier molecular flexibility index (Phi) is 8.31. The summed E-state index contributed by atoms with van der Waals surface area (Å²) in [6.45, 7) is 7.05. The molecule has 1 aliphatic heterocycles. The number of ether oxygens (including phenoxy) is 2. The second kappa shape index (κ2) is 11.2. The van der Waals surface area contributed by atoms with Crippen molar-refractivity contribution in [1.82, 2.24) is 15.2 Å². The van der Waals surface area contributed by atoms with Gasteiger partial charge in [-0.3, -0.25) is 4.99 Å². The van der Waals surface area contributed by atoms with Crippen molar-refractivity contribution in [3.8, 4) is 0 Å². The second-order valence-electron chi connectivity index (χ2n) is 7.39. The molecular weight excluding hydrogens is 371 g/mol. The Hall–Kier alpha value is -2.12. The van der Waals surface area contributed by atoms with E-state index in [1.165, 1.54) is 17.7 Å². The molecule has 1 aliphatic rings. The average Bonchev–Trinajstić information content (AvgIpc) is 3.13. The van der Waals surface area contributed by atoms with Crippen molar-refractivity contribution in [2.75, 3.05) is 46.5 Å². The van der Waals surface area contributed by atoms with E-state index in [0.717, 1.165) is 75.4 Å². The molecule has 2 N–H and O–H groups in total. The summed E-state index contributed by atoms with van der Waals surface area (Å²) < 4.78 is 24.4. The van der Waals surface area contributed by atoms with E-state index in [1.54, 1.807) is 7.11 Å². The number of H-pyrrole nitrogens is 1. The lowest BCUT2D eigenvalue weighted by molar-refractivity contribution is 0.00991. The Bertz CT molecular complexity index is 784. The van der Waals surface area contributed by atoms with Gasteiger partial charge in [0, 0.05) is 63.6 Å². The molecule has 1 fully saturated rings. The molecule has 0 spiro atoms. The Morgan fingerprint density at radius 3 is 2.90 bits per heavy atom. The first-order valence-electron chi connectivity index (χ1n) is 10.6. The van der Waals surface area contributed by atoms with Crippen LogP contribution in [-0.4, -0.2) is 68.4 Å². The number of hydrogen-bond donors (Lipinski definition) is 2. The van der Waals surface area contributed by atoms with Crippen molar-refractivity contribution in [3.63, 3.8) is 0 Å². The molecule has 1 aromatic heterocycles. The number of hydrogen-bond acceptors (Lipinski definition) is 3. The van der Waals surface area contributed by atoms with Crippen LogP contribution in [0.4, 0.5) is 4.39 Å². The third-order valence-corrected chi connectivity index (χ3v) is 5.29. The third-order valence-electron chi connectivity index (χ3n) is 5.29. The molecule has 0 saturated carbocycles. The number of piperidine rings is 1. The highest BCUT2D eigenvalue weighted by Gasteiger charge is 2.21. The molecule has 160 valence electrons. The highest BCUT2D eigenvalue weighted by Crippen LogP contribution is 2.20. The number of rotatable bonds is 9. The molecule has 2 heterocycles. The van der Waals surface area contributed by atoms with E-state index in [1.807, 2.05) is 12.3 Å². The lowest BCUT2D eigenvalue weighted by Gasteiger charge is -2.34. The van der Waals surface area contributed by atoms with Crippen molar-refractivity contribution in [1.29, 1.82) is 0 Å².